The Hall–Kier alpha value is -0.930. The number of nitrogens with two attached hydrogens (primary N) is 1. The van der Waals surface area contributed by atoms with Gasteiger partial charge in [0.25, 0.3) is 0 Å². The van der Waals surface area contributed by atoms with Crippen molar-refractivity contribution < 1.29 is 4.74 Å². The second-order valence-corrected chi connectivity index (χ2v) is 4.08. The lowest BCUT2D eigenvalue weighted by molar-refractivity contribution is 0.151. The van der Waals surface area contributed by atoms with Gasteiger partial charge >= 0.3 is 0 Å². The number of ether oxygens (including phenoxy) is 1. The van der Waals surface area contributed by atoms with Gasteiger partial charge in [-0.25, -0.2) is 0 Å². The van der Waals surface area contributed by atoms with E-state index in [4.69, 9.17) is 22.1 Å². The highest BCUT2D eigenvalue weighted by Gasteiger charge is 2.24. The number of benzene rings is 1. The minimum absolute atomic E-state index is 0.113. The van der Waals surface area contributed by atoms with Crippen molar-refractivity contribution in [1.29, 1.82) is 0 Å². The minimum atomic E-state index is -0.113. The van der Waals surface area contributed by atoms with Crippen molar-refractivity contribution in [2.24, 2.45) is 0 Å². The lowest BCUT2D eigenvalue weighted by atomic mass is 10.1. The van der Waals surface area contributed by atoms with Crippen molar-refractivity contribution in [3.05, 3.63) is 30.9 Å². The SMILES string of the molecule is Nc1ccccc1NC1CCO[CH]C1Cl. The van der Waals surface area contributed by atoms with Crippen molar-refractivity contribution in [1.82, 2.24) is 0 Å². The highest BCUT2D eigenvalue weighted by atomic mass is 35.5. The van der Waals surface area contributed by atoms with Gasteiger partial charge in [-0.2, -0.15) is 0 Å². The number of rotatable bonds is 2. The molecule has 1 radical (unpaired) electrons. The maximum absolute atomic E-state index is 6.10. The monoisotopic (exact) mass is 225 g/mol. The van der Waals surface area contributed by atoms with Gasteiger partial charge in [-0.3, -0.25) is 0 Å². The average molecular weight is 226 g/mol. The zero-order valence-electron chi connectivity index (χ0n) is 8.32. The molecule has 2 atom stereocenters. The first-order chi connectivity index (χ1) is 7.27. The summed E-state index contributed by atoms with van der Waals surface area (Å²) in [6, 6.07) is 7.87. The molecule has 1 aliphatic heterocycles. The van der Waals surface area contributed by atoms with Crippen molar-refractivity contribution in [2.75, 3.05) is 17.7 Å². The fourth-order valence-electron chi connectivity index (χ4n) is 1.59. The molecule has 3 N–H and O–H groups in total. The van der Waals surface area contributed by atoms with Crippen LogP contribution in [0.1, 0.15) is 6.42 Å². The molecule has 3 nitrogen and oxygen atoms in total. The molecule has 1 fully saturated rings. The molecule has 0 aliphatic carbocycles. The summed E-state index contributed by atoms with van der Waals surface area (Å²) >= 11 is 6.10. The quantitative estimate of drug-likeness (QED) is 0.600. The summed E-state index contributed by atoms with van der Waals surface area (Å²) in [7, 11) is 0. The van der Waals surface area contributed by atoms with Crippen LogP contribution in [0.4, 0.5) is 11.4 Å². The van der Waals surface area contributed by atoms with E-state index >= 15 is 0 Å². The summed E-state index contributed by atoms with van der Waals surface area (Å²) < 4.78 is 5.15. The number of halogens is 1. The van der Waals surface area contributed by atoms with Crippen LogP contribution in [0.2, 0.25) is 0 Å². The largest absolute Gasteiger partial charge is 0.397 e. The summed E-state index contributed by atoms with van der Waals surface area (Å²) in [6.45, 7) is 2.37. The number of nitrogens with one attached hydrogen (secondary N) is 1. The Morgan fingerprint density at radius 1 is 1.40 bits per heavy atom. The Balaban J connectivity index is 2.04. The van der Waals surface area contributed by atoms with Crippen molar-refractivity contribution in [2.45, 2.75) is 17.8 Å². The van der Waals surface area contributed by atoms with Gasteiger partial charge in [0.05, 0.1) is 16.8 Å². The third-order valence-electron chi connectivity index (χ3n) is 2.46. The van der Waals surface area contributed by atoms with E-state index in [9.17, 15) is 0 Å². The molecule has 0 saturated carbocycles. The van der Waals surface area contributed by atoms with E-state index in [1.54, 1.807) is 6.61 Å². The number of para-hydroxylation sites is 2. The minimum Gasteiger partial charge on any atom is -0.397 e. The second-order valence-electron chi connectivity index (χ2n) is 3.58. The molecule has 81 valence electrons. The van der Waals surface area contributed by atoms with Crippen LogP contribution < -0.4 is 11.1 Å². The molecule has 0 bridgehead atoms. The Labute approximate surface area is 94.6 Å². The van der Waals surface area contributed by atoms with E-state index in [-0.39, 0.29) is 11.4 Å². The normalized spacial score (nSPS) is 26.2. The summed E-state index contributed by atoms with van der Waals surface area (Å²) in [6.07, 6.45) is 0.888. The Bertz CT molecular complexity index is 332. The molecule has 15 heavy (non-hydrogen) atoms. The van der Waals surface area contributed by atoms with E-state index < -0.39 is 0 Å². The third-order valence-corrected chi connectivity index (χ3v) is 2.87. The van der Waals surface area contributed by atoms with Crippen molar-refractivity contribution >= 4 is 23.0 Å². The molecule has 1 aromatic carbocycles. The first-order valence-electron chi connectivity index (χ1n) is 4.97. The van der Waals surface area contributed by atoms with Gasteiger partial charge in [-0.05, 0) is 18.6 Å². The maximum Gasteiger partial charge on any atom is 0.103 e. The summed E-state index contributed by atoms with van der Waals surface area (Å²) in [5.74, 6) is 0. The zero-order valence-corrected chi connectivity index (χ0v) is 9.08. The highest BCUT2D eigenvalue weighted by molar-refractivity contribution is 6.22. The van der Waals surface area contributed by atoms with Crippen molar-refractivity contribution in [3.63, 3.8) is 0 Å². The van der Waals surface area contributed by atoms with Gasteiger partial charge in [-0.1, -0.05) is 12.1 Å². The van der Waals surface area contributed by atoms with Gasteiger partial charge in [0.1, 0.15) is 6.61 Å². The fourth-order valence-corrected chi connectivity index (χ4v) is 1.85. The average Bonchev–Trinajstić information content (AvgIpc) is 2.24. The Morgan fingerprint density at radius 2 is 2.20 bits per heavy atom. The van der Waals surface area contributed by atoms with Crippen LogP contribution in [0.15, 0.2) is 24.3 Å². The van der Waals surface area contributed by atoms with E-state index in [1.807, 2.05) is 24.3 Å². The Morgan fingerprint density at radius 3 is 2.93 bits per heavy atom. The lowest BCUT2D eigenvalue weighted by Crippen LogP contribution is -2.36. The van der Waals surface area contributed by atoms with Crippen LogP contribution in [0.5, 0.6) is 0 Å². The van der Waals surface area contributed by atoms with Crippen molar-refractivity contribution in [3.8, 4) is 0 Å². The number of alkyl halides is 1. The van der Waals surface area contributed by atoms with Gasteiger partial charge in [0, 0.05) is 12.6 Å². The topological polar surface area (TPSA) is 47.3 Å². The van der Waals surface area contributed by atoms with Crippen LogP contribution >= 0.6 is 11.6 Å². The maximum atomic E-state index is 6.10. The molecular weight excluding hydrogens is 212 g/mol. The summed E-state index contributed by atoms with van der Waals surface area (Å²) in [4.78, 5) is 0. The van der Waals surface area contributed by atoms with Gasteiger partial charge < -0.3 is 15.8 Å². The molecule has 1 saturated heterocycles. The van der Waals surface area contributed by atoms with Gasteiger partial charge in [-0.15, -0.1) is 11.6 Å². The zero-order chi connectivity index (χ0) is 10.7. The third kappa shape index (κ3) is 2.55. The van der Waals surface area contributed by atoms with E-state index in [0.29, 0.717) is 6.61 Å². The smallest absolute Gasteiger partial charge is 0.103 e. The van der Waals surface area contributed by atoms with Crippen LogP contribution in [0, 0.1) is 6.61 Å². The first kappa shape index (κ1) is 10.6. The van der Waals surface area contributed by atoms with Crippen LogP contribution in [0.3, 0.4) is 0 Å². The van der Waals surface area contributed by atoms with Gasteiger partial charge in [0.15, 0.2) is 0 Å². The number of anilines is 2. The molecule has 1 aromatic rings. The summed E-state index contributed by atoms with van der Waals surface area (Å²) in [5.41, 5.74) is 7.51. The van der Waals surface area contributed by atoms with E-state index in [2.05, 4.69) is 5.32 Å². The predicted molar refractivity (Wildman–Crippen MR) is 62.8 cm³/mol. The number of hydrogen-bond acceptors (Lipinski definition) is 3. The molecule has 1 heterocycles. The molecule has 0 spiro atoms. The molecule has 0 aromatic heterocycles. The lowest BCUT2D eigenvalue weighted by Gasteiger charge is -2.28. The molecule has 4 heteroatoms. The molecule has 2 rings (SSSR count). The molecule has 2 unspecified atom stereocenters. The standard InChI is InChI=1S/C11H14ClN2O/c12-8-7-15-6-5-10(8)14-11-4-2-1-3-9(11)13/h1-4,7-8,10,14H,5-6,13H2. The second kappa shape index (κ2) is 4.73. The van der Waals surface area contributed by atoms with Crippen LogP contribution in [-0.2, 0) is 4.74 Å². The number of hydrogen-bond donors (Lipinski definition) is 2. The highest BCUT2D eigenvalue weighted by Crippen LogP contribution is 2.24. The van der Waals surface area contributed by atoms with Crippen LogP contribution in [-0.4, -0.2) is 18.0 Å². The molecular formula is C11H14ClN2O. The molecule has 1 aliphatic rings. The predicted octanol–water partition coefficient (Wildman–Crippen LogP) is 2.24. The first-order valence-corrected chi connectivity index (χ1v) is 5.41. The van der Waals surface area contributed by atoms with Crippen LogP contribution in [0.25, 0.3) is 0 Å². The fraction of sp³-hybridized carbons (Fsp3) is 0.364. The van der Waals surface area contributed by atoms with Gasteiger partial charge in [0.2, 0.25) is 0 Å². The van der Waals surface area contributed by atoms with E-state index in [0.717, 1.165) is 17.8 Å². The number of nitrogen functional groups attached to an aromatic ring is 1. The molecule has 0 amide bonds. The summed E-state index contributed by atoms with van der Waals surface area (Å²) in [5, 5.41) is 3.22. The Kier molecular flexibility index (Phi) is 3.34. The van der Waals surface area contributed by atoms with E-state index in [1.165, 1.54) is 0 Å².